The summed E-state index contributed by atoms with van der Waals surface area (Å²) in [6.07, 6.45) is 5.95. The zero-order valence-corrected chi connectivity index (χ0v) is 11.8. The maximum Gasteiger partial charge on any atom is 0.159 e. The van der Waals surface area contributed by atoms with Gasteiger partial charge in [0, 0.05) is 5.92 Å². The molecule has 1 aromatic rings. The Labute approximate surface area is 115 Å². The van der Waals surface area contributed by atoms with Crippen LogP contribution in [-0.2, 0) is 4.79 Å². The summed E-state index contributed by atoms with van der Waals surface area (Å²) >= 11 is 0. The average molecular weight is 258 g/mol. The third-order valence-corrected chi connectivity index (χ3v) is 3.65. The highest BCUT2D eigenvalue weighted by molar-refractivity contribution is 5.99. The van der Waals surface area contributed by atoms with Gasteiger partial charge in [-0.1, -0.05) is 25.5 Å². The topological polar surface area (TPSA) is 26.3 Å². The van der Waals surface area contributed by atoms with Gasteiger partial charge in [0.1, 0.15) is 5.75 Å². The minimum Gasteiger partial charge on any atom is -0.494 e. The number of ketones is 1. The zero-order valence-electron chi connectivity index (χ0n) is 11.8. The van der Waals surface area contributed by atoms with Crippen LogP contribution in [0.5, 0.6) is 5.75 Å². The lowest BCUT2D eigenvalue weighted by molar-refractivity contribution is -0.118. The Morgan fingerprint density at radius 3 is 2.53 bits per heavy atom. The third-order valence-electron chi connectivity index (χ3n) is 3.65. The molecule has 1 aromatic carbocycles. The van der Waals surface area contributed by atoms with Gasteiger partial charge in [0.2, 0.25) is 0 Å². The molecule has 0 aliphatic heterocycles. The Morgan fingerprint density at radius 1 is 1.21 bits per heavy atom. The minimum atomic E-state index is 0.247. The van der Waals surface area contributed by atoms with Gasteiger partial charge >= 0.3 is 0 Å². The summed E-state index contributed by atoms with van der Waals surface area (Å²) in [4.78, 5) is 12.0. The molecule has 0 N–H and O–H groups in total. The summed E-state index contributed by atoms with van der Waals surface area (Å²) in [5.74, 6) is 1.44. The first-order valence-corrected chi connectivity index (χ1v) is 7.22. The zero-order chi connectivity index (χ0) is 13.7. The Hall–Kier alpha value is -1.57. The number of carbonyl (C=O) groups is 1. The molecule has 0 radical (unpaired) electrons. The second kappa shape index (κ2) is 6.55. The van der Waals surface area contributed by atoms with Crippen molar-refractivity contribution < 1.29 is 9.53 Å². The molecule has 0 heterocycles. The SMILES string of the molecule is CCC[C@@H]1CCC(c2ccc(OCC)cc2)=CC1=O. The number of allylic oxidation sites excluding steroid dienone is 2. The van der Waals surface area contributed by atoms with E-state index in [1.165, 1.54) is 5.57 Å². The van der Waals surface area contributed by atoms with Gasteiger partial charge in [0.05, 0.1) is 6.61 Å². The van der Waals surface area contributed by atoms with Gasteiger partial charge in [-0.2, -0.15) is 0 Å². The number of benzene rings is 1. The first-order chi connectivity index (χ1) is 9.24. The summed E-state index contributed by atoms with van der Waals surface area (Å²) < 4.78 is 5.43. The molecule has 0 saturated heterocycles. The van der Waals surface area contributed by atoms with Gasteiger partial charge in [-0.05, 0) is 55.5 Å². The summed E-state index contributed by atoms with van der Waals surface area (Å²) in [6, 6.07) is 8.04. The van der Waals surface area contributed by atoms with E-state index in [1.54, 1.807) is 0 Å². The average Bonchev–Trinajstić information content (AvgIpc) is 2.43. The highest BCUT2D eigenvalue weighted by Gasteiger charge is 2.21. The maximum absolute atomic E-state index is 12.0. The molecule has 0 bridgehead atoms. The molecule has 0 unspecified atom stereocenters. The van der Waals surface area contributed by atoms with Crippen LogP contribution in [0.25, 0.3) is 5.57 Å². The second-order valence-corrected chi connectivity index (χ2v) is 5.05. The van der Waals surface area contributed by atoms with Crippen LogP contribution in [0.3, 0.4) is 0 Å². The van der Waals surface area contributed by atoms with Crippen LogP contribution in [0.4, 0.5) is 0 Å². The van der Waals surface area contributed by atoms with E-state index in [0.717, 1.165) is 37.0 Å². The van der Waals surface area contributed by atoms with Gasteiger partial charge in [-0.15, -0.1) is 0 Å². The Morgan fingerprint density at radius 2 is 1.95 bits per heavy atom. The van der Waals surface area contributed by atoms with E-state index in [-0.39, 0.29) is 5.92 Å². The fraction of sp³-hybridized carbons (Fsp3) is 0.471. The van der Waals surface area contributed by atoms with Gasteiger partial charge < -0.3 is 4.74 Å². The molecule has 0 spiro atoms. The van der Waals surface area contributed by atoms with Crippen LogP contribution in [0, 0.1) is 5.92 Å². The molecule has 0 fully saturated rings. The standard InChI is InChI=1S/C17H22O2/c1-3-5-14-6-7-15(12-17(14)18)13-8-10-16(11-9-13)19-4-2/h8-12,14H,3-7H2,1-2H3/t14-/m1/s1. The normalized spacial score (nSPS) is 19.2. The van der Waals surface area contributed by atoms with Crippen LogP contribution < -0.4 is 4.74 Å². The van der Waals surface area contributed by atoms with Crippen molar-refractivity contribution in [2.24, 2.45) is 5.92 Å². The lowest BCUT2D eigenvalue weighted by Gasteiger charge is -2.20. The van der Waals surface area contributed by atoms with E-state index < -0.39 is 0 Å². The molecule has 1 atom stereocenters. The molecule has 1 aliphatic rings. The molecule has 0 amide bonds. The predicted octanol–water partition coefficient (Wildman–Crippen LogP) is 4.25. The molecule has 0 saturated carbocycles. The van der Waals surface area contributed by atoms with E-state index >= 15 is 0 Å². The van der Waals surface area contributed by atoms with Gasteiger partial charge in [0.25, 0.3) is 0 Å². The van der Waals surface area contributed by atoms with Crippen molar-refractivity contribution in [3.63, 3.8) is 0 Å². The first-order valence-electron chi connectivity index (χ1n) is 7.22. The number of carbonyl (C=O) groups excluding carboxylic acids is 1. The van der Waals surface area contributed by atoms with Crippen molar-refractivity contribution in [1.29, 1.82) is 0 Å². The molecule has 1 aliphatic carbocycles. The van der Waals surface area contributed by atoms with E-state index in [0.29, 0.717) is 12.4 Å². The summed E-state index contributed by atoms with van der Waals surface area (Å²) in [6.45, 7) is 4.79. The van der Waals surface area contributed by atoms with Crippen molar-refractivity contribution in [2.45, 2.75) is 39.5 Å². The van der Waals surface area contributed by atoms with Gasteiger partial charge in [-0.3, -0.25) is 4.79 Å². The van der Waals surface area contributed by atoms with Gasteiger partial charge in [-0.25, -0.2) is 0 Å². The molecule has 102 valence electrons. The summed E-state index contributed by atoms with van der Waals surface area (Å²) in [5.41, 5.74) is 2.31. The lowest BCUT2D eigenvalue weighted by Crippen LogP contribution is -2.16. The van der Waals surface area contributed by atoms with E-state index in [4.69, 9.17) is 4.74 Å². The van der Waals surface area contributed by atoms with Crippen molar-refractivity contribution in [3.05, 3.63) is 35.9 Å². The predicted molar refractivity (Wildman–Crippen MR) is 78.2 cm³/mol. The fourth-order valence-corrected chi connectivity index (χ4v) is 2.63. The number of ether oxygens (including phenoxy) is 1. The largest absolute Gasteiger partial charge is 0.494 e. The van der Waals surface area contributed by atoms with Crippen molar-refractivity contribution >= 4 is 11.4 Å². The lowest BCUT2D eigenvalue weighted by atomic mass is 9.83. The van der Waals surface area contributed by atoms with E-state index in [1.807, 2.05) is 37.3 Å². The number of hydrogen-bond acceptors (Lipinski definition) is 2. The molecule has 2 heteroatoms. The van der Waals surface area contributed by atoms with Crippen LogP contribution in [0.2, 0.25) is 0 Å². The Balaban J connectivity index is 2.10. The van der Waals surface area contributed by atoms with E-state index in [9.17, 15) is 4.79 Å². The smallest absolute Gasteiger partial charge is 0.159 e. The highest BCUT2D eigenvalue weighted by Crippen LogP contribution is 2.31. The second-order valence-electron chi connectivity index (χ2n) is 5.05. The minimum absolute atomic E-state index is 0.247. The maximum atomic E-state index is 12.0. The monoisotopic (exact) mass is 258 g/mol. The highest BCUT2D eigenvalue weighted by atomic mass is 16.5. The molecule has 19 heavy (non-hydrogen) atoms. The van der Waals surface area contributed by atoms with Gasteiger partial charge in [0.15, 0.2) is 5.78 Å². The quantitative estimate of drug-likeness (QED) is 0.789. The fourth-order valence-electron chi connectivity index (χ4n) is 2.63. The van der Waals surface area contributed by atoms with Crippen molar-refractivity contribution in [2.75, 3.05) is 6.61 Å². The molecular formula is C17H22O2. The molecular weight excluding hydrogens is 236 g/mol. The molecule has 2 nitrogen and oxygen atoms in total. The molecule has 0 aromatic heterocycles. The van der Waals surface area contributed by atoms with E-state index in [2.05, 4.69) is 6.92 Å². The van der Waals surface area contributed by atoms with Crippen molar-refractivity contribution in [1.82, 2.24) is 0 Å². The van der Waals surface area contributed by atoms with Crippen LogP contribution in [-0.4, -0.2) is 12.4 Å². The third kappa shape index (κ3) is 3.46. The Kier molecular flexibility index (Phi) is 4.78. The van der Waals surface area contributed by atoms with Crippen LogP contribution in [0.15, 0.2) is 30.3 Å². The molecule has 2 rings (SSSR count). The first kappa shape index (κ1) is 13.9. The number of hydrogen-bond donors (Lipinski definition) is 0. The number of rotatable bonds is 5. The van der Waals surface area contributed by atoms with Crippen molar-refractivity contribution in [3.8, 4) is 5.75 Å². The summed E-state index contributed by atoms with van der Waals surface area (Å²) in [7, 11) is 0. The van der Waals surface area contributed by atoms with Crippen LogP contribution >= 0.6 is 0 Å². The van der Waals surface area contributed by atoms with Crippen LogP contribution in [0.1, 0.15) is 45.1 Å². The Bertz CT molecular complexity index is 457. The summed E-state index contributed by atoms with van der Waals surface area (Å²) in [5, 5.41) is 0.